The number of methoxy groups -OCH3 is 1. The molecule has 0 radical (unpaired) electrons. The third-order valence-electron chi connectivity index (χ3n) is 4.56. The molecule has 1 fully saturated rings. The third kappa shape index (κ3) is 7.55. The first-order valence-corrected chi connectivity index (χ1v) is 9.10. The molecule has 0 unspecified atom stereocenters. The van der Waals surface area contributed by atoms with Gasteiger partial charge in [0.15, 0.2) is 0 Å². The minimum absolute atomic E-state index is 0.0213. The van der Waals surface area contributed by atoms with Gasteiger partial charge in [0.1, 0.15) is 18.3 Å². The lowest BCUT2D eigenvalue weighted by Crippen LogP contribution is -2.48. The van der Waals surface area contributed by atoms with Crippen molar-refractivity contribution >= 4 is 11.8 Å². The Bertz CT molecular complexity index is 437. The number of aliphatic hydroxyl groups excluding tert-OH is 2. The number of hydrogen-bond acceptors (Lipinski definition) is 7. The molecule has 2 amide bonds. The molecular formula is C17H33N3O6. The van der Waals surface area contributed by atoms with Crippen LogP contribution in [0.25, 0.3) is 0 Å². The Morgan fingerprint density at radius 1 is 1.15 bits per heavy atom. The second-order valence-corrected chi connectivity index (χ2v) is 6.52. The first-order chi connectivity index (χ1) is 12.4. The van der Waals surface area contributed by atoms with Crippen LogP contribution in [0.2, 0.25) is 0 Å². The number of nitrogens with two attached hydrogens (primary N) is 1. The highest BCUT2D eigenvalue weighted by molar-refractivity contribution is 5.78. The molecule has 0 saturated carbocycles. The Hall–Kier alpha value is -1.26. The van der Waals surface area contributed by atoms with Crippen LogP contribution >= 0.6 is 0 Å². The molecule has 1 aliphatic heterocycles. The standard InChI is InChI=1S/C17H33N3O6/c1-13(21)20-8-5-7-19(16(23)10-18)6-3-4-9-26-12-14(22)17(24)15(11-20)25-2/h14-15,17,22,24H,3-12,18H2,1-2H3/t14-,15-,17-/m0/s1. The normalized spacial score (nSPS) is 27.5. The van der Waals surface area contributed by atoms with Gasteiger partial charge in [0.2, 0.25) is 11.8 Å². The molecule has 0 spiro atoms. The lowest BCUT2D eigenvalue weighted by molar-refractivity contribution is -0.136. The van der Waals surface area contributed by atoms with Crippen LogP contribution in [-0.4, -0.2) is 103 Å². The maximum Gasteiger partial charge on any atom is 0.236 e. The van der Waals surface area contributed by atoms with Gasteiger partial charge in [-0.05, 0) is 19.3 Å². The molecule has 0 aromatic rings. The van der Waals surface area contributed by atoms with Crippen molar-refractivity contribution in [2.24, 2.45) is 5.73 Å². The van der Waals surface area contributed by atoms with Crippen LogP contribution in [0.1, 0.15) is 26.2 Å². The number of aliphatic hydroxyl groups is 2. The fraction of sp³-hybridized carbons (Fsp3) is 0.882. The molecule has 9 heteroatoms. The molecule has 1 saturated heterocycles. The van der Waals surface area contributed by atoms with Crippen LogP contribution in [0.5, 0.6) is 0 Å². The molecule has 26 heavy (non-hydrogen) atoms. The summed E-state index contributed by atoms with van der Waals surface area (Å²) in [7, 11) is 1.43. The van der Waals surface area contributed by atoms with E-state index < -0.39 is 18.3 Å². The summed E-state index contributed by atoms with van der Waals surface area (Å²) in [5.41, 5.74) is 5.47. The lowest BCUT2D eigenvalue weighted by Gasteiger charge is -2.31. The molecule has 1 rings (SSSR count). The summed E-state index contributed by atoms with van der Waals surface area (Å²) >= 11 is 0. The van der Waals surface area contributed by atoms with Crippen molar-refractivity contribution in [3.63, 3.8) is 0 Å². The lowest BCUT2D eigenvalue weighted by atomic mass is 10.1. The largest absolute Gasteiger partial charge is 0.388 e. The summed E-state index contributed by atoms with van der Waals surface area (Å²) in [6.07, 6.45) is -0.927. The van der Waals surface area contributed by atoms with E-state index in [4.69, 9.17) is 15.2 Å². The smallest absolute Gasteiger partial charge is 0.236 e. The molecule has 1 aliphatic rings. The second-order valence-electron chi connectivity index (χ2n) is 6.52. The maximum atomic E-state index is 12.0. The molecule has 9 nitrogen and oxygen atoms in total. The molecule has 0 bridgehead atoms. The van der Waals surface area contributed by atoms with Crippen molar-refractivity contribution in [1.29, 1.82) is 0 Å². The van der Waals surface area contributed by atoms with Gasteiger partial charge in [0.25, 0.3) is 0 Å². The highest BCUT2D eigenvalue weighted by atomic mass is 16.5. The Morgan fingerprint density at radius 3 is 2.42 bits per heavy atom. The Labute approximate surface area is 155 Å². The molecule has 0 aliphatic carbocycles. The van der Waals surface area contributed by atoms with Crippen molar-refractivity contribution in [1.82, 2.24) is 9.80 Å². The Kier molecular flexibility index (Phi) is 10.7. The topological polar surface area (TPSA) is 126 Å². The molecule has 0 aromatic heterocycles. The average Bonchev–Trinajstić information content (AvgIpc) is 2.63. The Morgan fingerprint density at radius 2 is 1.81 bits per heavy atom. The van der Waals surface area contributed by atoms with Crippen LogP contribution in [-0.2, 0) is 19.1 Å². The fourth-order valence-corrected chi connectivity index (χ4v) is 2.92. The van der Waals surface area contributed by atoms with Crippen LogP contribution in [0.15, 0.2) is 0 Å². The highest BCUT2D eigenvalue weighted by Gasteiger charge is 2.29. The van der Waals surface area contributed by atoms with Gasteiger partial charge >= 0.3 is 0 Å². The maximum absolute atomic E-state index is 12.0. The number of hydrogen-bond donors (Lipinski definition) is 3. The average molecular weight is 375 g/mol. The van der Waals surface area contributed by atoms with E-state index in [2.05, 4.69) is 0 Å². The zero-order valence-corrected chi connectivity index (χ0v) is 15.8. The summed E-state index contributed by atoms with van der Waals surface area (Å²) in [5.74, 6) is -0.281. The van der Waals surface area contributed by atoms with E-state index in [1.165, 1.54) is 14.0 Å². The van der Waals surface area contributed by atoms with E-state index in [9.17, 15) is 19.8 Å². The predicted molar refractivity (Wildman–Crippen MR) is 95.4 cm³/mol. The van der Waals surface area contributed by atoms with E-state index in [0.29, 0.717) is 32.7 Å². The van der Waals surface area contributed by atoms with E-state index in [1.54, 1.807) is 9.80 Å². The van der Waals surface area contributed by atoms with Gasteiger partial charge in [0.05, 0.1) is 13.2 Å². The van der Waals surface area contributed by atoms with Crippen LogP contribution in [0.3, 0.4) is 0 Å². The number of carbonyl (C=O) groups is 2. The van der Waals surface area contributed by atoms with E-state index >= 15 is 0 Å². The number of amides is 2. The zero-order valence-electron chi connectivity index (χ0n) is 15.8. The van der Waals surface area contributed by atoms with Gasteiger partial charge in [0, 0.05) is 46.8 Å². The molecule has 4 N–H and O–H groups in total. The van der Waals surface area contributed by atoms with Crippen LogP contribution < -0.4 is 5.73 Å². The minimum Gasteiger partial charge on any atom is -0.388 e. The number of carbonyl (C=O) groups excluding carboxylic acids is 2. The summed E-state index contributed by atoms with van der Waals surface area (Å²) < 4.78 is 10.7. The monoisotopic (exact) mass is 375 g/mol. The molecule has 3 atom stereocenters. The number of nitrogens with zero attached hydrogens (tertiary/aromatic N) is 2. The van der Waals surface area contributed by atoms with Gasteiger partial charge in [-0.25, -0.2) is 0 Å². The minimum atomic E-state index is -1.16. The second kappa shape index (κ2) is 12.2. The predicted octanol–water partition coefficient (Wildman–Crippen LogP) is -1.44. The van der Waals surface area contributed by atoms with Gasteiger partial charge in [-0.1, -0.05) is 0 Å². The van der Waals surface area contributed by atoms with Crippen molar-refractivity contribution in [3.05, 3.63) is 0 Å². The zero-order chi connectivity index (χ0) is 19.5. The molecule has 152 valence electrons. The van der Waals surface area contributed by atoms with Crippen LogP contribution in [0, 0.1) is 0 Å². The SMILES string of the molecule is CO[C@H]1CN(C(C)=O)CCCN(C(=O)CN)CCCCOC[C@H](O)[C@@H]1O. The van der Waals surface area contributed by atoms with Gasteiger partial charge < -0.3 is 35.2 Å². The van der Waals surface area contributed by atoms with Crippen molar-refractivity contribution in [2.45, 2.75) is 44.5 Å². The molecule has 0 aromatic carbocycles. The van der Waals surface area contributed by atoms with Crippen molar-refractivity contribution < 1.29 is 29.3 Å². The fourth-order valence-electron chi connectivity index (χ4n) is 2.92. The Balaban J connectivity index is 2.83. The number of ether oxygens (including phenoxy) is 2. The highest BCUT2D eigenvalue weighted by Crippen LogP contribution is 2.10. The summed E-state index contributed by atoms with van der Waals surface area (Å²) in [5, 5.41) is 20.4. The van der Waals surface area contributed by atoms with Gasteiger partial charge in [-0.2, -0.15) is 0 Å². The molecule has 1 heterocycles. The van der Waals surface area contributed by atoms with Gasteiger partial charge in [-0.15, -0.1) is 0 Å². The summed E-state index contributed by atoms with van der Waals surface area (Å²) in [6.45, 7) is 3.44. The van der Waals surface area contributed by atoms with Crippen LogP contribution in [0.4, 0.5) is 0 Å². The van der Waals surface area contributed by atoms with E-state index in [1.807, 2.05) is 0 Å². The van der Waals surface area contributed by atoms with E-state index in [0.717, 1.165) is 12.8 Å². The van der Waals surface area contributed by atoms with E-state index in [-0.39, 0.29) is 31.5 Å². The first kappa shape index (κ1) is 22.8. The summed E-state index contributed by atoms with van der Waals surface area (Å²) in [6, 6.07) is 0. The van der Waals surface area contributed by atoms with Gasteiger partial charge in [-0.3, -0.25) is 9.59 Å². The third-order valence-corrected chi connectivity index (χ3v) is 4.56. The van der Waals surface area contributed by atoms with Crippen molar-refractivity contribution in [3.8, 4) is 0 Å². The quantitative estimate of drug-likeness (QED) is 0.540. The summed E-state index contributed by atoms with van der Waals surface area (Å²) in [4.78, 5) is 27.1. The molecular weight excluding hydrogens is 342 g/mol. The first-order valence-electron chi connectivity index (χ1n) is 9.10. The van der Waals surface area contributed by atoms with Crippen molar-refractivity contribution in [2.75, 3.05) is 53.0 Å². The number of rotatable bonds is 2.